The SMILES string of the molecule is CC1CCCC(NC(=O)CN2CCN(c3cncc(Br)c3)CC2)C1. The first kappa shape index (κ1) is 17.7. The molecular formula is C18H27BrN4O. The van der Waals surface area contributed by atoms with E-state index in [2.05, 4.69) is 49.0 Å². The van der Waals surface area contributed by atoms with Crippen LogP contribution in [0.1, 0.15) is 32.6 Å². The summed E-state index contributed by atoms with van der Waals surface area (Å²) in [6.45, 7) is 6.52. The molecule has 0 radical (unpaired) electrons. The molecule has 132 valence electrons. The molecule has 5 nitrogen and oxygen atoms in total. The van der Waals surface area contributed by atoms with Gasteiger partial charge in [0.25, 0.3) is 0 Å². The van der Waals surface area contributed by atoms with Crippen molar-refractivity contribution in [3.05, 3.63) is 22.9 Å². The van der Waals surface area contributed by atoms with Crippen molar-refractivity contribution in [1.82, 2.24) is 15.2 Å². The first-order valence-corrected chi connectivity index (χ1v) is 9.76. The zero-order valence-corrected chi connectivity index (χ0v) is 16.0. The van der Waals surface area contributed by atoms with E-state index in [1.807, 2.05) is 6.20 Å². The maximum atomic E-state index is 12.3. The van der Waals surface area contributed by atoms with Gasteiger partial charge in [-0.1, -0.05) is 19.8 Å². The van der Waals surface area contributed by atoms with Crippen LogP contribution in [0.2, 0.25) is 0 Å². The van der Waals surface area contributed by atoms with Crippen molar-refractivity contribution in [2.24, 2.45) is 5.92 Å². The van der Waals surface area contributed by atoms with E-state index in [4.69, 9.17) is 0 Å². The van der Waals surface area contributed by atoms with Gasteiger partial charge in [0.2, 0.25) is 5.91 Å². The van der Waals surface area contributed by atoms with Gasteiger partial charge in [-0.2, -0.15) is 0 Å². The average molecular weight is 395 g/mol. The van der Waals surface area contributed by atoms with Crippen molar-refractivity contribution < 1.29 is 4.79 Å². The molecule has 1 aromatic heterocycles. The third-order valence-electron chi connectivity index (χ3n) is 5.10. The van der Waals surface area contributed by atoms with E-state index in [-0.39, 0.29) is 5.91 Å². The number of carbonyl (C=O) groups is 1. The van der Waals surface area contributed by atoms with E-state index in [0.29, 0.717) is 12.6 Å². The van der Waals surface area contributed by atoms with Crippen molar-refractivity contribution >= 4 is 27.5 Å². The number of piperazine rings is 1. The minimum Gasteiger partial charge on any atom is -0.368 e. The molecule has 2 aliphatic rings. The van der Waals surface area contributed by atoms with Gasteiger partial charge in [0.15, 0.2) is 0 Å². The summed E-state index contributed by atoms with van der Waals surface area (Å²) in [4.78, 5) is 21.1. The Morgan fingerprint density at radius 2 is 2.08 bits per heavy atom. The number of nitrogens with one attached hydrogen (secondary N) is 1. The lowest BCUT2D eigenvalue weighted by Crippen LogP contribution is -2.51. The third kappa shape index (κ3) is 4.93. The highest BCUT2D eigenvalue weighted by Crippen LogP contribution is 2.23. The summed E-state index contributed by atoms with van der Waals surface area (Å²) < 4.78 is 1.00. The van der Waals surface area contributed by atoms with E-state index >= 15 is 0 Å². The third-order valence-corrected chi connectivity index (χ3v) is 5.53. The van der Waals surface area contributed by atoms with Gasteiger partial charge in [-0.05, 0) is 40.8 Å². The molecule has 3 rings (SSSR count). The van der Waals surface area contributed by atoms with Crippen LogP contribution in [0.4, 0.5) is 5.69 Å². The highest BCUT2D eigenvalue weighted by Gasteiger charge is 2.23. The van der Waals surface area contributed by atoms with Gasteiger partial charge in [0, 0.05) is 42.9 Å². The number of halogens is 1. The number of rotatable bonds is 4. The summed E-state index contributed by atoms with van der Waals surface area (Å²) in [5, 5.41) is 3.24. The normalized spacial score (nSPS) is 25.5. The Morgan fingerprint density at radius 3 is 2.79 bits per heavy atom. The molecule has 1 aromatic rings. The summed E-state index contributed by atoms with van der Waals surface area (Å²) in [6, 6.07) is 2.48. The van der Waals surface area contributed by atoms with Crippen molar-refractivity contribution in [3.8, 4) is 0 Å². The van der Waals surface area contributed by atoms with Gasteiger partial charge in [0.05, 0.1) is 18.4 Å². The van der Waals surface area contributed by atoms with Crippen molar-refractivity contribution in [3.63, 3.8) is 0 Å². The average Bonchev–Trinajstić information content (AvgIpc) is 2.55. The number of aromatic nitrogens is 1. The van der Waals surface area contributed by atoms with Gasteiger partial charge in [-0.3, -0.25) is 14.7 Å². The molecule has 2 atom stereocenters. The highest BCUT2D eigenvalue weighted by atomic mass is 79.9. The van der Waals surface area contributed by atoms with Gasteiger partial charge in [-0.15, -0.1) is 0 Å². The van der Waals surface area contributed by atoms with Gasteiger partial charge in [0.1, 0.15) is 0 Å². The minimum absolute atomic E-state index is 0.187. The quantitative estimate of drug-likeness (QED) is 0.852. The van der Waals surface area contributed by atoms with Crippen molar-refractivity contribution in [2.45, 2.75) is 38.6 Å². The molecular weight excluding hydrogens is 368 g/mol. The van der Waals surface area contributed by atoms with Gasteiger partial charge >= 0.3 is 0 Å². The Bertz CT molecular complexity index is 560. The first-order valence-electron chi connectivity index (χ1n) is 8.97. The smallest absolute Gasteiger partial charge is 0.234 e. The molecule has 0 aromatic carbocycles. The Balaban J connectivity index is 1.42. The Hall–Kier alpha value is -1.14. The lowest BCUT2D eigenvalue weighted by atomic mass is 9.87. The van der Waals surface area contributed by atoms with Crippen LogP contribution in [0.3, 0.4) is 0 Å². The number of carbonyl (C=O) groups excluding carboxylic acids is 1. The van der Waals surface area contributed by atoms with E-state index in [9.17, 15) is 4.79 Å². The summed E-state index contributed by atoms with van der Waals surface area (Å²) in [5.74, 6) is 0.929. The van der Waals surface area contributed by atoms with Crippen LogP contribution < -0.4 is 10.2 Å². The molecule has 1 saturated heterocycles. The molecule has 1 N–H and O–H groups in total. The maximum Gasteiger partial charge on any atom is 0.234 e. The summed E-state index contributed by atoms with van der Waals surface area (Å²) in [5.41, 5.74) is 1.14. The number of pyridine rings is 1. The Morgan fingerprint density at radius 1 is 1.29 bits per heavy atom. The second kappa shape index (κ2) is 8.30. The van der Waals surface area contributed by atoms with Crippen LogP contribution >= 0.6 is 15.9 Å². The number of nitrogens with zero attached hydrogens (tertiary/aromatic N) is 3. The van der Waals surface area contributed by atoms with E-state index in [1.54, 1.807) is 6.20 Å². The van der Waals surface area contributed by atoms with Crippen molar-refractivity contribution in [1.29, 1.82) is 0 Å². The second-order valence-corrected chi connectivity index (χ2v) is 8.08. The molecule has 2 fully saturated rings. The second-order valence-electron chi connectivity index (χ2n) is 7.16. The van der Waals surface area contributed by atoms with Crippen LogP contribution in [-0.4, -0.2) is 54.6 Å². The monoisotopic (exact) mass is 394 g/mol. The fraction of sp³-hybridized carbons (Fsp3) is 0.667. The van der Waals surface area contributed by atoms with Crippen LogP contribution in [-0.2, 0) is 4.79 Å². The molecule has 1 aliphatic heterocycles. The molecule has 2 unspecified atom stereocenters. The number of anilines is 1. The van der Waals surface area contributed by atoms with Gasteiger partial charge < -0.3 is 10.2 Å². The van der Waals surface area contributed by atoms with E-state index in [1.165, 1.54) is 12.8 Å². The van der Waals surface area contributed by atoms with E-state index in [0.717, 1.165) is 55.1 Å². The van der Waals surface area contributed by atoms with Crippen LogP contribution in [0.25, 0.3) is 0 Å². The molecule has 2 heterocycles. The minimum atomic E-state index is 0.187. The molecule has 0 bridgehead atoms. The topological polar surface area (TPSA) is 48.5 Å². The van der Waals surface area contributed by atoms with E-state index < -0.39 is 0 Å². The zero-order valence-electron chi connectivity index (χ0n) is 14.4. The maximum absolute atomic E-state index is 12.3. The zero-order chi connectivity index (χ0) is 16.9. The summed E-state index contributed by atoms with van der Waals surface area (Å²) >= 11 is 3.47. The lowest BCUT2D eigenvalue weighted by Gasteiger charge is -2.36. The molecule has 1 aliphatic carbocycles. The van der Waals surface area contributed by atoms with Crippen LogP contribution in [0.5, 0.6) is 0 Å². The Kier molecular flexibility index (Phi) is 6.11. The Labute approximate surface area is 152 Å². The molecule has 0 spiro atoms. The van der Waals surface area contributed by atoms with Crippen LogP contribution in [0, 0.1) is 5.92 Å². The first-order chi connectivity index (χ1) is 11.6. The van der Waals surface area contributed by atoms with Crippen LogP contribution in [0.15, 0.2) is 22.9 Å². The largest absolute Gasteiger partial charge is 0.368 e. The predicted molar refractivity (Wildman–Crippen MR) is 100 cm³/mol. The van der Waals surface area contributed by atoms with Gasteiger partial charge in [-0.25, -0.2) is 0 Å². The molecule has 24 heavy (non-hydrogen) atoms. The number of hydrogen-bond donors (Lipinski definition) is 1. The molecule has 6 heteroatoms. The fourth-order valence-electron chi connectivity index (χ4n) is 3.78. The molecule has 1 saturated carbocycles. The highest BCUT2D eigenvalue weighted by molar-refractivity contribution is 9.10. The number of amides is 1. The van der Waals surface area contributed by atoms with Crippen molar-refractivity contribution in [2.75, 3.05) is 37.6 Å². The predicted octanol–water partition coefficient (Wildman–Crippen LogP) is 2.66. The summed E-state index contributed by atoms with van der Waals surface area (Å²) in [7, 11) is 0. The lowest BCUT2D eigenvalue weighted by molar-refractivity contribution is -0.123. The molecule has 1 amide bonds. The fourth-order valence-corrected chi connectivity index (χ4v) is 4.13. The standard InChI is InChI=1S/C18H27BrN4O/c1-14-3-2-4-16(9-14)21-18(24)13-22-5-7-23(8-6-22)17-10-15(19)11-20-12-17/h10-12,14,16H,2-9,13H2,1H3,(H,21,24). The number of hydrogen-bond acceptors (Lipinski definition) is 4. The summed E-state index contributed by atoms with van der Waals surface area (Å²) in [6.07, 6.45) is 8.52.